The van der Waals surface area contributed by atoms with Gasteiger partial charge in [-0.2, -0.15) is 0 Å². The van der Waals surface area contributed by atoms with Crippen LogP contribution in [0.25, 0.3) is 6.08 Å². The van der Waals surface area contributed by atoms with E-state index in [4.69, 9.17) is 4.74 Å². The molecule has 1 heterocycles. The molecule has 1 aliphatic heterocycles. The topological polar surface area (TPSA) is 102 Å². The molecular formula is C22H23N3O5. The minimum atomic E-state index is -0.487. The van der Waals surface area contributed by atoms with Crippen LogP contribution in [0.15, 0.2) is 54.2 Å². The van der Waals surface area contributed by atoms with Crippen molar-refractivity contribution < 1.29 is 19.2 Å². The monoisotopic (exact) mass is 409 g/mol. The number of piperidine rings is 1. The Labute approximate surface area is 174 Å². The van der Waals surface area contributed by atoms with Crippen LogP contribution in [-0.4, -0.2) is 41.8 Å². The molecule has 0 unspecified atom stereocenters. The molecule has 8 heteroatoms. The van der Waals surface area contributed by atoms with Crippen molar-refractivity contribution in [2.24, 2.45) is 0 Å². The standard InChI is InChI=1S/C22H23N3O5/c1-30-19-11-7-17(8-12-19)21(26)23-20(22(27)24-13-3-2-4-14-24)15-16-5-9-18(10-6-16)25(28)29/h5-12,15H,2-4,13-14H2,1H3,(H,23,26). The molecule has 0 atom stereocenters. The average molecular weight is 409 g/mol. The SMILES string of the molecule is COc1ccc(C(=O)NC(=Cc2ccc([N+](=O)[O-])cc2)C(=O)N2CCCCC2)cc1. The van der Waals surface area contributed by atoms with E-state index < -0.39 is 10.8 Å². The van der Waals surface area contributed by atoms with Crippen LogP contribution in [0.2, 0.25) is 0 Å². The fourth-order valence-corrected chi connectivity index (χ4v) is 3.21. The third kappa shape index (κ3) is 5.22. The number of benzene rings is 2. The number of amides is 2. The number of nitrogens with zero attached hydrogens (tertiary/aromatic N) is 2. The normalized spacial score (nSPS) is 14.2. The summed E-state index contributed by atoms with van der Waals surface area (Å²) in [5, 5.41) is 13.6. The van der Waals surface area contributed by atoms with Gasteiger partial charge in [-0.3, -0.25) is 19.7 Å². The van der Waals surface area contributed by atoms with Gasteiger partial charge < -0.3 is 15.0 Å². The van der Waals surface area contributed by atoms with E-state index in [0.29, 0.717) is 30.0 Å². The Balaban J connectivity index is 1.86. The van der Waals surface area contributed by atoms with Crippen LogP contribution in [-0.2, 0) is 4.79 Å². The van der Waals surface area contributed by atoms with Gasteiger partial charge in [0.25, 0.3) is 17.5 Å². The second-order valence-corrected chi connectivity index (χ2v) is 6.94. The molecule has 1 aliphatic rings. The number of ether oxygens (including phenoxy) is 1. The van der Waals surface area contributed by atoms with Gasteiger partial charge in [-0.05, 0) is 67.3 Å². The summed E-state index contributed by atoms with van der Waals surface area (Å²) in [6, 6.07) is 12.4. The average Bonchev–Trinajstić information content (AvgIpc) is 2.79. The van der Waals surface area contributed by atoms with Crippen molar-refractivity contribution in [3.63, 3.8) is 0 Å². The first-order chi connectivity index (χ1) is 14.5. The van der Waals surface area contributed by atoms with Crippen molar-refractivity contribution in [3.8, 4) is 5.75 Å². The van der Waals surface area contributed by atoms with Crippen LogP contribution in [0.4, 0.5) is 5.69 Å². The van der Waals surface area contributed by atoms with Gasteiger partial charge in [-0.25, -0.2) is 0 Å². The number of nitro groups is 1. The minimum absolute atomic E-state index is 0.0432. The van der Waals surface area contributed by atoms with Gasteiger partial charge in [0.15, 0.2) is 0 Å². The molecule has 0 saturated carbocycles. The molecule has 0 spiro atoms. The maximum atomic E-state index is 13.1. The first-order valence-electron chi connectivity index (χ1n) is 9.69. The number of methoxy groups -OCH3 is 1. The predicted molar refractivity (Wildman–Crippen MR) is 112 cm³/mol. The third-order valence-electron chi connectivity index (χ3n) is 4.89. The van der Waals surface area contributed by atoms with Crippen LogP contribution in [0.3, 0.4) is 0 Å². The zero-order chi connectivity index (χ0) is 21.5. The molecule has 1 saturated heterocycles. The highest BCUT2D eigenvalue weighted by Gasteiger charge is 2.22. The summed E-state index contributed by atoms with van der Waals surface area (Å²) in [7, 11) is 1.54. The molecular weight excluding hydrogens is 386 g/mol. The molecule has 0 aliphatic carbocycles. The van der Waals surface area contributed by atoms with Gasteiger partial charge in [0.05, 0.1) is 12.0 Å². The lowest BCUT2D eigenvalue weighted by Gasteiger charge is -2.27. The fourth-order valence-electron chi connectivity index (χ4n) is 3.21. The Hall–Kier alpha value is -3.68. The summed E-state index contributed by atoms with van der Waals surface area (Å²) >= 11 is 0. The Morgan fingerprint density at radius 1 is 1.03 bits per heavy atom. The molecule has 156 valence electrons. The molecule has 0 aromatic heterocycles. The van der Waals surface area contributed by atoms with E-state index in [1.54, 1.807) is 47.4 Å². The summed E-state index contributed by atoms with van der Waals surface area (Å²) < 4.78 is 5.10. The van der Waals surface area contributed by atoms with Gasteiger partial charge in [-0.15, -0.1) is 0 Å². The van der Waals surface area contributed by atoms with Crippen molar-refractivity contribution in [2.45, 2.75) is 19.3 Å². The van der Waals surface area contributed by atoms with Crippen LogP contribution >= 0.6 is 0 Å². The first-order valence-corrected chi connectivity index (χ1v) is 9.69. The van der Waals surface area contributed by atoms with Crippen LogP contribution in [0, 0.1) is 10.1 Å². The zero-order valence-corrected chi connectivity index (χ0v) is 16.7. The zero-order valence-electron chi connectivity index (χ0n) is 16.7. The number of rotatable bonds is 6. The lowest BCUT2D eigenvalue weighted by molar-refractivity contribution is -0.384. The minimum Gasteiger partial charge on any atom is -0.497 e. The number of hydrogen-bond donors (Lipinski definition) is 1. The Morgan fingerprint density at radius 3 is 2.23 bits per heavy atom. The van der Waals surface area contributed by atoms with E-state index in [0.717, 1.165) is 19.3 Å². The highest BCUT2D eigenvalue weighted by atomic mass is 16.6. The van der Waals surface area contributed by atoms with Crippen LogP contribution < -0.4 is 10.1 Å². The largest absolute Gasteiger partial charge is 0.497 e. The van der Waals surface area contributed by atoms with Gasteiger partial charge in [0.2, 0.25) is 0 Å². The van der Waals surface area contributed by atoms with Crippen molar-refractivity contribution in [1.29, 1.82) is 0 Å². The number of nitro benzene ring substituents is 1. The second-order valence-electron chi connectivity index (χ2n) is 6.94. The number of carbonyl (C=O) groups is 2. The number of nitrogens with one attached hydrogen (secondary N) is 1. The van der Waals surface area contributed by atoms with E-state index in [1.807, 2.05) is 0 Å². The molecule has 2 amide bonds. The van der Waals surface area contributed by atoms with Crippen LogP contribution in [0.5, 0.6) is 5.75 Å². The van der Waals surface area contributed by atoms with Crippen molar-refractivity contribution in [2.75, 3.05) is 20.2 Å². The smallest absolute Gasteiger partial charge is 0.270 e. The highest BCUT2D eigenvalue weighted by molar-refractivity contribution is 6.05. The van der Waals surface area contributed by atoms with E-state index in [1.165, 1.54) is 19.2 Å². The van der Waals surface area contributed by atoms with Crippen LogP contribution in [0.1, 0.15) is 35.2 Å². The molecule has 0 radical (unpaired) electrons. The molecule has 30 heavy (non-hydrogen) atoms. The highest BCUT2D eigenvalue weighted by Crippen LogP contribution is 2.17. The molecule has 1 N–H and O–H groups in total. The maximum absolute atomic E-state index is 13.1. The van der Waals surface area contributed by atoms with Gasteiger partial charge in [-0.1, -0.05) is 0 Å². The maximum Gasteiger partial charge on any atom is 0.270 e. The molecule has 2 aromatic carbocycles. The van der Waals surface area contributed by atoms with Crippen molar-refractivity contribution in [3.05, 3.63) is 75.5 Å². The summed E-state index contributed by atoms with van der Waals surface area (Å²) in [6.07, 6.45) is 4.46. The van der Waals surface area contributed by atoms with Crippen molar-refractivity contribution in [1.82, 2.24) is 10.2 Å². The number of hydrogen-bond acceptors (Lipinski definition) is 5. The lowest BCUT2D eigenvalue weighted by atomic mass is 10.1. The predicted octanol–water partition coefficient (Wildman–Crippen LogP) is 3.39. The van der Waals surface area contributed by atoms with E-state index in [9.17, 15) is 19.7 Å². The Bertz CT molecular complexity index is 946. The quantitative estimate of drug-likeness (QED) is 0.448. The molecule has 8 nitrogen and oxygen atoms in total. The summed E-state index contributed by atoms with van der Waals surface area (Å²) in [5.41, 5.74) is 1.05. The van der Waals surface area contributed by atoms with Crippen molar-refractivity contribution >= 4 is 23.6 Å². The molecule has 3 rings (SSSR count). The summed E-state index contributed by atoms with van der Waals surface area (Å²) in [5.74, 6) is -0.0660. The third-order valence-corrected chi connectivity index (χ3v) is 4.89. The van der Waals surface area contributed by atoms with Gasteiger partial charge in [0, 0.05) is 30.8 Å². The first kappa shape index (κ1) is 21.0. The van der Waals surface area contributed by atoms with E-state index >= 15 is 0 Å². The summed E-state index contributed by atoms with van der Waals surface area (Å²) in [6.45, 7) is 1.27. The second kappa shape index (κ2) is 9.69. The molecule has 1 fully saturated rings. The van der Waals surface area contributed by atoms with Gasteiger partial charge in [0.1, 0.15) is 11.4 Å². The summed E-state index contributed by atoms with van der Waals surface area (Å²) in [4.78, 5) is 37.9. The number of carbonyl (C=O) groups excluding carboxylic acids is 2. The number of likely N-dealkylation sites (tertiary alicyclic amines) is 1. The Kier molecular flexibility index (Phi) is 6.79. The fraction of sp³-hybridized carbons (Fsp3) is 0.273. The van der Waals surface area contributed by atoms with E-state index in [-0.39, 0.29) is 17.3 Å². The number of non-ortho nitro benzene ring substituents is 1. The van der Waals surface area contributed by atoms with Gasteiger partial charge >= 0.3 is 0 Å². The van der Waals surface area contributed by atoms with E-state index in [2.05, 4.69) is 5.32 Å². The lowest BCUT2D eigenvalue weighted by Crippen LogP contribution is -2.41. The molecule has 0 bridgehead atoms. The molecule has 2 aromatic rings. The Morgan fingerprint density at radius 2 is 1.67 bits per heavy atom.